The molecule has 1 aliphatic rings. The summed E-state index contributed by atoms with van der Waals surface area (Å²) in [6.07, 6.45) is 1.78. The van der Waals surface area contributed by atoms with Gasteiger partial charge in [-0.1, -0.05) is 0 Å². The van der Waals surface area contributed by atoms with Crippen LogP contribution in [0.1, 0.15) is 0 Å². The SMILES string of the molecule is Cn1nccc1-c1ccc2c(c1)OCO2. The molecule has 0 atom stereocenters. The van der Waals surface area contributed by atoms with Gasteiger partial charge in [-0.2, -0.15) is 5.10 Å². The van der Waals surface area contributed by atoms with Gasteiger partial charge < -0.3 is 9.47 Å². The lowest BCUT2D eigenvalue weighted by Gasteiger charge is -2.03. The maximum Gasteiger partial charge on any atom is 0.231 e. The zero-order chi connectivity index (χ0) is 10.3. The van der Waals surface area contributed by atoms with Gasteiger partial charge in [0.1, 0.15) is 0 Å². The molecular weight excluding hydrogens is 192 g/mol. The van der Waals surface area contributed by atoms with Gasteiger partial charge in [0.15, 0.2) is 11.5 Å². The third-order valence-corrected chi connectivity index (χ3v) is 2.49. The maximum atomic E-state index is 5.33. The van der Waals surface area contributed by atoms with E-state index in [2.05, 4.69) is 5.10 Å². The molecule has 0 aliphatic carbocycles. The van der Waals surface area contributed by atoms with E-state index in [0.29, 0.717) is 6.79 Å². The van der Waals surface area contributed by atoms with Gasteiger partial charge in [-0.15, -0.1) is 0 Å². The molecule has 0 saturated heterocycles. The molecule has 1 aliphatic heterocycles. The van der Waals surface area contributed by atoms with Crippen LogP contribution in [0.25, 0.3) is 11.3 Å². The standard InChI is InChI=1S/C11H10N2O2/c1-13-9(4-5-12-13)8-2-3-10-11(6-8)15-7-14-10/h2-6H,7H2,1H3. The van der Waals surface area contributed by atoms with E-state index in [4.69, 9.17) is 9.47 Å². The van der Waals surface area contributed by atoms with Gasteiger partial charge in [0.2, 0.25) is 6.79 Å². The normalized spacial score (nSPS) is 13.1. The second-order valence-electron chi connectivity index (χ2n) is 3.41. The molecule has 0 bridgehead atoms. The number of ether oxygens (including phenoxy) is 2. The van der Waals surface area contributed by atoms with Crippen LogP contribution in [-0.2, 0) is 7.05 Å². The van der Waals surface area contributed by atoms with Crippen molar-refractivity contribution in [3.63, 3.8) is 0 Å². The largest absolute Gasteiger partial charge is 0.454 e. The molecule has 2 aromatic rings. The molecule has 0 fully saturated rings. The van der Waals surface area contributed by atoms with E-state index in [1.807, 2.05) is 36.0 Å². The Morgan fingerprint density at radius 2 is 2.07 bits per heavy atom. The number of aromatic nitrogens is 2. The van der Waals surface area contributed by atoms with E-state index >= 15 is 0 Å². The predicted octanol–water partition coefficient (Wildman–Crippen LogP) is 1.82. The molecule has 4 heteroatoms. The summed E-state index contributed by atoms with van der Waals surface area (Å²) in [6, 6.07) is 7.87. The lowest BCUT2D eigenvalue weighted by molar-refractivity contribution is 0.174. The van der Waals surface area contributed by atoms with Crippen molar-refractivity contribution >= 4 is 0 Å². The first-order valence-corrected chi connectivity index (χ1v) is 4.72. The molecule has 0 saturated carbocycles. The molecule has 3 rings (SSSR count). The van der Waals surface area contributed by atoms with Gasteiger partial charge >= 0.3 is 0 Å². The molecule has 4 nitrogen and oxygen atoms in total. The van der Waals surface area contributed by atoms with Crippen molar-refractivity contribution in [3.05, 3.63) is 30.5 Å². The van der Waals surface area contributed by atoms with Gasteiger partial charge in [0.25, 0.3) is 0 Å². The zero-order valence-electron chi connectivity index (χ0n) is 8.30. The molecule has 15 heavy (non-hydrogen) atoms. The molecule has 0 N–H and O–H groups in total. The number of benzene rings is 1. The Hall–Kier alpha value is -1.97. The molecule has 0 amide bonds. The molecule has 76 valence electrons. The highest BCUT2D eigenvalue weighted by Gasteiger charge is 2.14. The Kier molecular flexibility index (Phi) is 1.68. The van der Waals surface area contributed by atoms with Gasteiger partial charge in [0, 0.05) is 18.8 Å². The van der Waals surface area contributed by atoms with Crippen LogP contribution in [0.15, 0.2) is 30.5 Å². The second kappa shape index (κ2) is 3.02. The van der Waals surface area contributed by atoms with Crippen molar-refractivity contribution in [1.29, 1.82) is 0 Å². The summed E-state index contributed by atoms with van der Waals surface area (Å²) in [5, 5.41) is 4.13. The first-order valence-electron chi connectivity index (χ1n) is 4.72. The van der Waals surface area contributed by atoms with Crippen molar-refractivity contribution in [3.8, 4) is 22.8 Å². The van der Waals surface area contributed by atoms with Crippen molar-refractivity contribution in [2.75, 3.05) is 6.79 Å². The minimum atomic E-state index is 0.310. The third kappa shape index (κ3) is 1.26. The molecule has 1 aromatic heterocycles. The van der Waals surface area contributed by atoms with Crippen molar-refractivity contribution < 1.29 is 9.47 Å². The third-order valence-electron chi connectivity index (χ3n) is 2.49. The van der Waals surface area contributed by atoms with E-state index in [-0.39, 0.29) is 0 Å². The van der Waals surface area contributed by atoms with Gasteiger partial charge in [0.05, 0.1) is 5.69 Å². The first kappa shape index (κ1) is 8.35. The van der Waals surface area contributed by atoms with Crippen LogP contribution in [0.2, 0.25) is 0 Å². The van der Waals surface area contributed by atoms with Crippen molar-refractivity contribution in [2.45, 2.75) is 0 Å². The fourth-order valence-corrected chi connectivity index (χ4v) is 1.71. The highest BCUT2D eigenvalue weighted by atomic mass is 16.7. The number of hydrogen-bond acceptors (Lipinski definition) is 3. The van der Waals surface area contributed by atoms with Crippen LogP contribution >= 0.6 is 0 Å². The van der Waals surface area contributed by atoms with E-state index in [1.165, 1.54) is 0 Å². The zero-order valence-corrected chi connectivity index (χ0v) is 8.30. The summed E-state index contributed by atoms with van der Waals surface area (Å²) >= 11 is 0. The Balaban J connectivity index is 2.11. The van der Waals surface area contributed by atoms with Crippen LogP contribution in [0, 0.1) is 0 Å². The van der Waals surface area contributed by atoms with Crippen molar-refractivity contribution in [2.24, 2.45) is 7.05 Å². The van der Waals surface area contributed by atoms with Crippen LogP contribution < -0.4 is 9.47 Å². The van der Waals surface area contributed by atoms with Crippen LogP contribution in [0.3, 0.4) is 0 Å². The summed E-state index contributed by atoms with van der Waals surface area (Å²) in [6.45, 7) is 0.310. The summed E-state index contributed by atoms with van der Waals surface area (Å²) in [4.78, 5) is 0. The fraction of sp³-hybridized carbons (Fsp3) is 0.182. The average Bonchev–Trinajstić information content (AvgIpc) is 2.84. The Bertz CT molecular complexity index is 505. The van der Waals surface area contributed by atoms with Crippen LogP contribution in [0.5, 0.6) is 11.5 Å². The van der Waals surface area contributed by atoms with Gasteiger partial charge in [-0.3, -0.25) is 4.68 Å². The van der Waals surface area contributed by atoms with Crippen LogP contribution in [-0.4, -0.2) is 16.6 Å². The van der Waals surface area contributed by atoms with E-state index < -0.39 is 0 Å². The molecule has 2 heterocycles. The quantitative estimate of drug-likeness (QED) is 0.707. The first-order chi connectivity index (χ1) is 7.34. The van der Waals surface area contributed by atoms with E-state index in [0.717, 1.165) is 22.8 Å². The number of hydrogen-bond donors (Lipinski definition) is 0. The summed E-state index contributed by atoms with van der Waals surface area (Å²) in [5.41, 5.74) is 2.15. The second-order valence-corrected chi connectivity index (χ2v) is 3.41. The number of rotatable bonds is 1. The fourth-order valence-electron chi connectivity index (χ4n) is 1.71. The minimum absolute atomic E-state index is 0.310. The highest BCUT2D eigenvalue weighted by molar-refractivity contribution is 5.64. The lowest BCUT2D eigenvalue weighted by Crippen LogP contribution is -1.93. The minimum Gasteiger partial charge on any atom is -0.454 e. The number of nitrogens with zero attached hydrogens (tertiary/aromatic N) is 2. The summed E-state index contributed by atoms with van der Waals surface area (Å²) in [5.74, 6) is 1.61. The Morgan fingerprint density at radius 1 is 1.20 bits per heavy atom. The molecular formula is C11H10N2O2. The number of fused-ring (bicyclic) bond motifs is 1. The Labute approximate surface area is 87.0 Å². The topological polar surface area (TPSA) is 36.3 Å². The maximum absolute atomic E-state index is 5.33. The lowest BCUT2D eigenvalue weighted by atomic mass is 10.1. The number of aryl methyl sites for hydroxylation is 1. The van der Waals surface area contributed by atoms with E-state index in [1.54, 1.807) is 6.20 Å². The van der Waals surface area contributed by atoms with E-state index in [9.17, 15) is 0 Å². The average molecular weight is 202 g/mol. The summed E-state index contributed by atoms with van der Waals surface area (Å²) < 4.78 is 12.4. The predicted molar refractivity (Wildman–Crippen MR) is 54.8 cm³/mol. The van der Waals surface area contributed by atoms with Gasteiger partial charge in [-0.25, -0.2) is 0 Å². The molecule has 0 unspecified atom stereocenters. The smallest absolute Gasteiger partial charge is 0.231 e. The molecule has 1 aromatic carbocycles. The van der Waals surface area contributed by atoms with Gasteiger partial charge in [-0.05, 0) is 24.3 Å². The Morgan fingerprint density at radius 3 is 2.87 bits per heavy atom. The highest BCUT2D eigenvalue weighted by Crippen LogP contribution is 2.35. The van der Waals surface area contributed by atoms with Crippen molar-refractivity contribution in [1.82, 2.24) is 9.78 Å². The van der Waals surface area contributed by atoms with Crippen LogP contribution in [0.4, 0.5) is 0 Å². The molecule has 0 spiro atoms. The summed E-state index contributed by atoms with van der Waals surface area (Å²) in [7, 11) is 1.92. The monoisotopic (exact) mass is 202 g/mol. The molecule has 0 radical (unpaired) electrons.